The zero-order valence-corrected chi connectivity index (χ0v) is 11.3. The van der Waals surface area contributed by atoms with Crippen molar-refractivity contribution in [3.8, 4) is 5.75 Å². The lowest BCUT2D eigenvalue weighted by atomic mass is 9.80. The summed E-state index contributed by atoms with van der Waals surface area (Å²) in [4.78, 5) is 4.53. The van der Waals surface area contributed by atoms with Crippen LogP contribution in [0.3, 0.4) is 0 Å². The van der Waals surface area contributed by atoms with Crippen LogP contribution in [-0.4, -0.2) is 17.6 Å². The van der Waals surface area contributed by atoms with Crippen molar-refractivity contribution in [3.05, 3.63) is 24.1 Å². The number of hydrogen-bond donors (Lipinski definition) is 1. The highest BCUT2D eigenvalue weighted by Crippen LogP contribution is 2.30. The monoisotopic (exact) mass is 260 g/mol. The molecule has 19 heavy (non-hydrogen) atoms. The second-order valence-electron chi connectivity index (χ2n) is 5.54. The number of nitrogens with two attached hydrogens (primary N) is 1. The highest BCUT2D eigenvalue weighted by Gasteiger charge is 2.29. The first-order chi connectivity index (χ1) is 9.18. The van der Waals surface area contributed by atoms with E-state index in [1.54, 1.807) is 7.11 Å². The van der Waals surface area contributed by atoms with E-state index in [2.05, 4.69) is 4.98 Å². The van der Waals surface area contributed by atoms with Crippen molar-refractivity contribution in [1.82, 2.24) is 4.98 Å². The Morgan fingerprint density at radius 2 is 2.11 bits per heavy atom. The summed E-state index contributed by atoms with van der Waals surface area (Å²) in [6, 6.07) is 5.68. The smallest absolute Gasteiger partial charge is 0.197 e. The molecule has 0 radical (unpaired) electrons. The second kappa shape index (κ2) is 4.85. The lowest BCUT2D eigenvalue weighted by molar-refractivity contribution is 0.276. The maximum absolute atomic E-state index is 6.44. The number of oxazole rings is 1. The van der Waals surface area contributed by atoms with E-state index >= 15 is 0 Å². The molecule has 0 bridgehead atoms. The maximum Gasteiger partial charge on any atom is 0.197 e. The van der Waals surface area contributed by atoms with Gasteiger partial charge < -0.3 is 14.9 Å². The zero-order chi connectivity index (χ0) is 13.3. The summed E-state index contributed by atoms with van der Waals surface area (Å²) in [5.41, 5.74) is 7.95. The molecule has 0 atom stereocenters. The highest BCUT2D eigenvalue weighted by atomic mass is 16.5. The molecular formula is C15H20N2O2. The first-order valence-corrected chi connectivity index (χ1v) is 6.91. The average Bonchev–Trinajstić information content (AvgIpc) is 2.79. The molecule has 1 aromatic heterocycles. The van der Waals surface area contributed by atoms with E-state index in [4.69, 9.17) is 14.9 Å². The normalized spacial score (nSPS) is 18.6. The van der Waals surface area contributed by atoms with Gasteiger partial charge in [0.1, 0.15) is 11.3 Å². The largest absolute Gasteiger partial charge is 0.497 e. The van der Waals surface area contributed by atoms with Crippen LogP contribution < -0.4 is 10.5 Å². The number of hydrogen-bond acceptors (Lipinski definition) is 4. The Labute approximate surface area is 112 Å². The summed E-state index contributed by atoms with van der Waals surface area (Å²) in [5.74, 6) is 1.54. The Morgan fingerprint density at radius 3 is 2.84 bits per heavy atom. The van der Waals surface area contributed by atoms with Crippen LogP contribution in [0.4, 0.5) is 0 Å². The average molecular weight is 260 g/mol. The molecule has 1 fully saturated rings. The van der Waals surface area contributed by atoms with Gasteiger partial charge in [-0.25, -0.2) is 4.98 Å². The Morgan fingerprint density at radius 1 is 1.32 bits per heavy atom. The minimum atomic E-state index is -0.136. The molecule has 0 amide bonds. The highest BCUT2D eigenvalue weighted by molar-refractivity contribution is 5.74. The van der Waals surface area contributed by atoms with Gasteiger partial charge in [0, 0.05) is 18.0 Å². The van der Waals surface area contributed by atoms with Crippen LogP contribution in [0.2, 0.25) is 0 Å². The van der Waals surface area contributed by atoms with Crippen molar-refractivity contribution in [2.24, 2.45) is 5.73 Å². The van der Waals surface area contributed by atoms with Crippen LogP contribution >= 0.6 is 0 Å². The molecule has 0 unspecified atom stereocenters. The molecule has 2 aromatic rings. The molecule has 3 rings (SSSR count). The molecule has 1 heterocycles. The molecule has 1 aliphatic carbocycles. The third-order valence-electron chi connectivity index (χ3n) is 3.99. The predicted molar refractivity (Wildman–Crippen MR) is 74.3 cm³/mol. The standard InChI is InChI=1S/C15H20N2O2/c1-18-11-5-6-13-12(9-11)17-14(19-13)10-15(16)7-3-2-4-8-15/h5-6,9H,2-4,7-8,10,16H2,1H3. The van der Waals surface area contributed by atoms with E-state index in [1.165, 1.54) is 19.3 Å². The summed E-state index contributed by atoms with van der Waals surface area (Å²) in [7, 11) is 1.65. The zero-order valence-electron chi connectivity index (χ0n) is 11.3. The van der Waals surface area contributed by atoms with Gasteiger partial charge in [-0.2, -0.15) is 0 Å². The molecule has 0 aliphatic heterocycles. The predicted octanol–water partition coefficient (Wildman–Crippen LogP) is 3.04. The first-order valence-electron chi connectivity index (χ1n) is 6.91. The third kappa shape index (κ3) is 2.59. The molecule has 4 heteroatoms. The van der Waals surface area contributed by atoms with Gasteiger partial charge in [0.25, 0.3) is 0 Å². The van der Waals surface area contributed by atoms with E-state index in [0.717, 1.165) is 42.0 Å². The lowest BCUT2D eigenvalue weighted by Crippen LogP contribution is -2.43. The van der Waals surface area contributed by atoms with E-state index in [9.17, 15) is 0 Å². The first kappa shape index (κ1) is 12.5. The summed E-state index contributed by atoms with van der Waals surface area (Å²) >= 11 is 0. The van der Waals surface area contributed by atoms with Crippen molar-refractivity contribution in [1.29, 1.82) is 0 Å². The van der Waals surface area contributed by atoms with Gasteiger partial charge in [-0.15, -0.1) is 0 Å². The van der Waals surface area contributed by atoms with Gasteiger partial charge in [0.05, 0.1) is 7.11 Å². The van der Waals surface area contributed by atoms with Crippen LogP contribution in [0.1, 0.15) is 38.0 Å². The van der Waals surface area contributed by atoms with E-state index < -0.39 is 0 Å². The Hall–Kier alpha value is -1.55. The lowest BCUT2D eigenvalue weighted by Gasteiger charge is -2.32. The molecule has 0 saturated heterocycles. The molecule has 102 valence electrons. The van der Waals surface area contributed by atoms with Gasteiger partial charge in [0.2, 0.25) is 0 Å². The van der Waals surface area contributed by atoms with Crippen LogP contribution in [0.25, 0.3) is 11.1 Å². The minimum absolute atomic E-state index is 0.136. The Kier molecular flexibility index (Phi) is 3.19. The summed E-state index contributed by atoms with van der Waals surface area (Å²) < 4.78 is 11.0. The Bertz CT molecular complexity index is 571. The Balaban J connectivity index is 1.84. The van der Waals surface area contributed by atoms with Crippen molar-refractivity contribution < 1.29 is 9.15 Å². The van der Waals surface area contributed by atoms with Gasteiger partial charge in [0.15, 0.2) is 11.5 Å². The summed E-state index contributed by atoms with van der Waals surface area (Å²) in [6.45, 7) is 0. The van der Waals surface area contributed by atoms with Gasteiger partial charge in [-0.05, 0) is 25.0 Å². The molecule has 0 spiro atoms. The fourth-order valence-electron chi connectivity index (χ4n) is 2.89. The number of rotatable bonds is 3. The number of nitrogens with zero attached hydrogens (tertiary/aromatic N) is 1. The fraction of sp³-hybridized carbons (Fsp3) is 0.533. The van der Waals surface area contributed by atoms with Gasteiger partial charge in [-0.3, -0.25) is 0 Å². The third-order valence-corrected chi connectivity index (χ3v) is 3.99. The maximum atomic E-state index is 6.44. The second-order valence-corrected chi connectivity index (χ2v) is 5.54. The van der Waals surface area contributed by atoms with Crippen LogP contribution in [0.5, 0.6) is 5.75 Å². The quantitative estimate of drug-likeness (QED) is 0.921. The summed E-state index contributed by atoms with van der Waals surface area (Å²) in [6.07, 6.45) is 6.58. The number of methoxy groups -OCH3 is 1. The van der Waals surface area contributed by atoms with Gasteiger partial charge >= 0.3 is 0 Å². The molecule has 1 aliphatic rings. The van der Waals surface area contributed by atoms with Crippen molar-refractivity contribution >= 4 is 11.1 Å². The number of ether oxygens (including phenoxy) is 1. The van der Waals surface area contributed by atoms with Crippen molar-refractivity contribution in [3.63, 3.8) is 0 Å². The molecular weight excluding hydrogens is 240 g/mol. The van der Waals surface area contributed by atoms with E-state index in [-0.39, 0.29) is 5.54 Å². The molecule has 1 aromatic carbocycles. The van der Waals surface area contributed by atoms with Crippen molar-refractivity contribution in [2.45, 2.75) is 44.1 Å². The van der Waals surface area contributed by atoms with Gasteiger partial charge in [-0.1, -0.05) is 19.3 Å². The summed E-state index contributed by atoms with van der Waals surface area (Å²) in [5, 5.41) is 0. The topological polar surface area (TPSA) is 61.3 Å². The van der Waals surface area contributed by atoms with Crippen LogP contribution in [0, 0.1) is 0 Å². The van der Waals surface area contributed by atoms with Crippen molar-refractivity contribution in [2.75, 3.05) is 7.11 Å². The number of benzene rings is 1. The molecule has 2 N–H and O–H groups in total. The number of fused-ring (bicyclic) bond motifs is 1. The van der Waals surface area contributed by atoms with E-state index in [1.807, 2.05) is 18.2 Å². The fourth-order valence-corrected chi connectivity index (χ4v) is 2.89. The van der Waals surface area contributed by atoms with Crippen LogP contribution in [-0.2, 0) is 6.42 Å². The minimum Gasteiger partial charge on any atom is -0.497 e. The SMILES string of the molecule is COc1ccc2oc(CC3(N)CCCCC3)nc2c1. The van der Waals surface area contributed by atoms with Crippen LogP contribution in [0.15, 0.2) is 22.6 Å². The molecule has 1 saturated carbocycles. The molecule has 4 nitrogen and oxygen atoms in total. The van der Waals surface area contributed by atoms with E-state index in [0.29, 0.717) is 0 Å². The number of aromatic nitrogens is 1.